The van der Waals surface area contributed by atoms with Gasteiger partial charge in [0.15, 0.2) is 0 Å². The van der Waals surface area contributed by atoms with Gasteiger partial charge in [0.05, 0.1) is 5.10 Å². The Hall–Kier alpha value is -2.36. The van der Waals surface area contributed by atoms with Crippen molar-refractivity contribution in [3.63, 3.8) is 0 Å². The van der Waals surface area contributed by atoms with E-state index in [1.807, 2.05) is 6.07 Å². The Balaban J connectivity index is 0.000000368. The fourth-order valence-corrected chi connectivity index (χ4v) is 2.36. The zero-order valence-electron chi connectivity index (χ0n) is 13.0. The molecule has 0 unspecified atom stereocenters. The lowest BCUT2D eigenvalue weighted by molar-refractivity contribution is -2.00. The molecule has 8 nitrogen and oxygen atoms in total. The topological polar surface area (TPSA) is 138 Å². The zero-order valence-corrected chi connectivity index (χ0v) is 13.7. The molecule has 0 saturated heterocycles. The van der Waals surface area contributed by atoms with Gasteiger partial charge >= 0.3 is 5.82 Å². The van der Waals surface area contributed by atoms with Crippen molar-refractivity contribution in [2.75, 3.05) is 0 Å². The normalized spacial score (nSPS) is 10.9. The molecule has 2 heterocycles. The van der Waals surface area contributed by atoms with Crippen molar-refractivity contribution in [3.05, 3.63) is 60.0 Å². The van der Waals surface area contributed by atoms with Gasteiger partial charge in [-0.2, -0.15) is 4.57 Å². The molecule has 0 bridgehead atoms. The van der Waals surface area contributed by atoms with E-state index in [-0.39, 0.29) is 0 Å². The van der Waals surface area contributed by atoms with E-state index in [0.29, 0.717) is 0 Å². The summed E-state index contributed by atoms with van der Waals surface area (Å²) in [5.41, 5.74) is 4.71. The monoisotopic (exact) mass is 350 g/mol. The smallest absolute Gasteiger partial charge is 0.222 e. The van der Waals surface area contributed by atoms with Gasteiger partial charge in [-0.1, -0.05) is 30.3 Å². The minimum atomic E-state index is -4.94. The molecule has 0 spiro atoms. The predicted molar refractivity (Wildman–Crippen MR) is 72.8 cm³/mol. The van der Waals surface area contributed by atoms with E-state index >= 15 is 0 Å². The van der Waals surface area contributed by atoms with Gasteiger partial charge in [-0.05, 0) is 37.1 Å². The first-order chi connectivity index (χ1) is 11.3. The van der Waals surface area contributed by atoms with E-state index in [2.05, 4.69) is 70.2 Å². The van der Waals surface area contributed by atoms with Gasteiger partial charge in [0, 0.05) is 0 Å². The highest BCUT2D eigenvalue weighted by molar-refractivity contribution is 5.63. The standard InChI is InChI=1S/C15H15N4.ClHO4/c1-11-8-14(13-6-4-3-5-7-13)9-12(2)19(11)15-10-16-18-17-15;2-1(3,4)5/h3-10H,1-2H3,(H,16,17,18);(H,2,3,4,5)/q+1;/p-1. The van der Waals surface area contributed by atoms with Crippen molar-refractivity contribution < 1.29 is 33.4 Å². The fraction of sp³-hybridized carbons (Fsp3) is 0.133. The Labute approximate surface area is 140 Å². The van der Waals surface area contributed by atoms with E-state index in [1.54, 1.807) is 6.20 Å². The number of aryl methyl sites for hydroxylation is 2. The lowest BCUT2D eigenvalue weighted by Crippen LogP contribution is -2.68. The summed E-state index contributed by atoms with van der Waals surface area (Å²) in [6.07, 6.45) is 1.72. The molecule has 126 valence electrons. The quantitative estimate of drug-likeness (QED) is 0.512. The molecule has 0 fully saturated rings. The molecule has 0 aliphatic heterocycles. The fourth-order valence-electron chi connectivity index (χ4n) is 2.36. The molecular weight excluding hydrogens is 336 g/mol. The Morgan fingerprint density at radius 3 is 1.92 bits per heavy atom. The molecule has 24 heavy (non-hydrogen) atoms. The highest BCUT2D eigenvalue weighted by Crippen LogP contribution is 2.20. The number of hydrogen-bond acceptors (Lipinski definition) is 6. The van der Waals surface area contributed by atoms with E-state index in [1.165, 1.54) is 11.1 Å². The predicted octanol–water partition coefficient (Wildman–Crippen LogP) is -2.39. The summed E-state index contributed by atoms with van der Waals surface area (Å²) < 4.78 is 36.1. The van der Waals surface area contributed by atoms with Crippen LogP contribution in [0.15, 0.2) is 48.7 Å². The average molecular weight is 351 g/mol. The van der Waals surface area contributed by atoms with Crippen LogP contribution in [0.3, 0.4) is 0 Å². The molecule has 3 rings (SSSR count). The lowest BCUT2D eigenvalue weighted by atomic mass is 10.0. The third-order valence-corrected chi connectivity index (χ3v) is 3.17. The summed E-state index contributed by atoms with van der Waals surface area (Å²) in [6.45, 7) is 4.16. The minimum absolute atomic E-state index is 0.814. The average Bonchev–Trinajstić information content (AvgIpc) is 2.99. The zero-order chi connectivity index (χ0) is 17.7. The maximum atomic E-state index is 8.49. The maximum Gasteiger partial charge on any atom is 0.375 e. The van der Waals surface area contributed by atoms with Gasteiger partial charge in [-0.15, -0.1) is 20.6 Å². The van der Waals surface area contributed by atoms with Gasteiger partial charge in [0.2, 0.25) is 0 Å². The third-order valence-electron chi connectivity index (χ3n) is 3.17. The van der Waals surface area contributed by atoms with Gasteiger partial charge in [0.25, 0.3) is 0 Å². The minimum Gasteiger partial charge on any atom is -0.222 e. The first-order valence-corrected chi connectivity index (χ1v) is 8.06. The Morgan fingerprint density at radius 1 is 0.917 bits per heavy atom. The first kappa shape index (κ1) is 18.0. The van der Waals surface area contributed by atoms with E-state index in [9.17, 15) is 0 Å². The van der Waals surface area contributed by atoms with Crippen molar-refractivity contribution in [2.45, 2.75) is 13.8 Å². The maximum absolute atomic E-state index is 8.49. The molecule has 0 amide bonds. The summed E-state index contributed by atoms with van der Waals surface area (Å²) in [7, 11) is -4.94. The number of nitrogens with zero attached hydrogens (tertiary/aromatic N) is 3. The van der Waals surface area contributed by atoms with Crippen LogP contribution in [0.4, 0.5) is 0 Å². The number of nitrogens with one attached hydrogen (secondary N) is 1. The number of benzene rings is 1. The van der Waals surface area contributed by atoms with Gasteiger partial charge in [0.1, 0.15) is 17.6 Å². The first-order valence-electron chi connectivity index (χ1n) is 6.82. The van der Waals surface area contributed by atoms with Gasteiger partial charge in [-0.3, -0.25) is 0 Å². The van der Waals surface area contributed by atoms with Crippen LogP contribution in [0.1, 0.15) is 11.4 Å². The SMILES string of the molecule is Cc1cc(-c2ccccc2)cc(C)[n+]1-c1cn[nH]n1.[O-][Cl+3]([O-])([O-])[O-]. The number of aromatic amines is 1. The second kappa shape index (κ2) is 7.47. The molecule has 1 aromatic carbocycles. The van der Waals surface area contributed by atoms with E-state index in [0.717, 1.165) is 17.2 Å². The second-order valence-corrected chi connectivity index (χ2v) is 5.69. The molecule has 0 aliphatic carbocycles. The number of halogens is 1. The van der Waals surface area contributed by atoms with Crippen LogP contribution >= 0.6 is 0 Å². The Kier molecular flexibility index (Phi) is 5.60. The van der Waals surface area contributed by atoms with Crippen LogP contribution in [-0.2, 0) is 0 Å². The van der Waals surface area contributed by atoms with Crippen molar-refractivity contribution in [3.8, 4) is 16.9 Å². The van der Waals surface area contributed by atoms with Crippen LogP contribution in [0.2, 0.25) is 0 Å². The molecule has 9 heteroatoms. The van der Waals surface area contributed by atoms with Crippen LogP contribution in [0.25, 0.3) is 16.9 Å². The van der Waals surface area contributed by atoms with Crippen molar-refractivity contribution >= 4 is 0 Å². The highest BCUT2D eigenvalue weighted by Gasteiger charge is 2.16. The van der Waals surface area contributed by atoms with Gasteiger partial charge < -0.3 is 0 Å². The van der Waals surface area contributed by atoms with E-state index < -0.39 is 10.2 Å². The molecule has 2 aromatic heterocycles. The number of rotatable bonds is 2. The number of H-pyrrole nitrogens is 1. The summed E-state index contributed by atoms with van der Waals surface area (Å²) in [4.78, 5) is 0. The highest BCUT2D eigenvalue weighted by atomic mass is 35.7. The molecule has 0 atom stereocenters. The summed E-state index contributed by atoms with van der Waals surface area (Å²) in [5.74, 6) is 0.814. The van der Waals surface area contributed by atoms with Crippen molar-refractivity contribution in [1.82, 2.24) is 15.4 Å². The summed E-state index contributed by atoms with van der Waals surface area (Å²) >= 11 is 0. The molecule has 0 radical (unpaired) electrons. The summed E-state index contributed by atoms with van der Waals surface area (Å²) in [5, 5.41) is 10.6. The van der Waals surface area contributed by atoms with Crippen molar-refractivity contribution in [2.24, 2.45) is 0 Å². The number of hydrogen-bond donors (Lipinski definition) is 1. The second-order valence-electron chi connectivity index (χ2n) is 4.93. The molecule has 1 N–H and O–H groups in total. The third kappa shape index (κ3) is 5.08. The van der Waals surface area contributed by atoms with Crippen LogP contribution in [-0.4, -0.2) is 15.4 Å². The van der Waals surface area contributed by atoms with Crippen LogP contribution in [0, 0.1) is 24.1 Å². The molecule has 0 aliphatic rings. The molecular formula is C15H15ClN4O4. The van der Waals surface area contributed by atoms with E-state index in [4.69, 9.17) is 18.6 Å². The van der Waals surface area contributed by atoms with Crippen LogP contribution < -0.4 is 23.2 Å². The van der Waals surface area contributed by atoms with Crippen molar-refractivity contribution in [1.29, 1.82) is 0 Å². The Bertz CT molecular complexity index is 760. The molecule has 0 saturated carbocycles. The summed E-state index contributed by atoms with van der Waals surface area (Å²) in [6, 6.07) is 14.7. The number of pyridine rings is 1. The Morgan fingerprint density at radius 2 is 1.46 bits per heavy atom. The lowest BCUT2D eigenvalue weighted by Gasteiger charge is -2.17. The number of aromatic nitrogens is 4. The molecule has 3 aromatic rings. The van der Waals surface area contributed by atoms with Crippen LogP contribution in [0.5, 0.6) is 0 Å². The largest absolute Gasteiger partial charge is 0.375 e. The van der Waals surface area contributed by atoms with Gasteiger partial charge in [-0.25, -0.2) is 18.6 Å².